The van der Waals surface area contributed by atoms with E-state index in [1.54, 1.807) is 24.3 Å². The number of nitrogens with zero attached hydrogens (tertiary/aromatic N) is 1. The topological polar surface area (TPSA) is 54.5 Å². The van der Waals surface area contributed by atoms with Crippen molar-refractivity contribution in [2.45, 2.75) is 0 Å². The Morgan fingerprint density at radius 3 is 2.44 bits per heavy atom. The van der Waals surface area contributed by atoms with Crippen LogP contribution in [0.4, 0.5) is 0 Å². The van der Waals surface area contributed by atoms with E-state index in [1.807, 2.05) is 4.90 Å². The van der Waals surface area contributed by atoms with Gasteiger partial charge >= 0.3 is 0 Å². The number of ketones is 1. The SMILES string of the molecule is O=C(CN1CCS(=O)(=O)CC1)c1ccccc1Cl. The minimum absolute atomic E-state index is 0.0695. The van der Waals surface area contributed by atoms with E-state index in [9.17, 15) is 13.2 Å². The van der Waals surface area contributed by atoms with Crippen molar-refractivity contribution in [2.75, 3.05) is 31.1 Å². The molecule has 1 aromatic carbocycles. The Hall–Kier alpha value is -0.910. The second-order valence-electron chi connectivity index (χ2n) is 4.33. The van der Waals surface area contributed by atoms with Crippen LogP contribution in [0.5, 0.6) is 0 Å². The quantitative estimate of drug-likeness (QED) is 0.785. The van der Waals surface area contributed by atoms with E-state index in [2.05, 4.69) is 0 Å². The Balaban J connectivity index is 1.99. The van der Waals surface area contributed by atoms with Gasteiger partial charge in [-0.05, 0) is 12.1 Å². The number of Topliss-reactive ketones (excluding diaryl/α,β-unsaturated/α-hetero) is 1. The molecule has 0 spiro atoms. The molecule has 0 amide bonds. The van der Waals surface area contributed by atoms with Crippen LogP contribution in [0.15, 0.2) is 24.3 Å². The summed E-state index contributed by atoms with van der Waals surface area (Å²) < 4.78 is 22.5. The molecular weight excluding hydrogens is 274 g/mol. The Labute approximate surface area is 111 Å². The molecule has 0 unspecified atom stereocenters. The summed E-state index contributed by atoms with van der Waals surface area (Å²) in [4.78, 5) is 13.9. The van der Waals surface area contributed by atoms with Crippen molar-refractivity contribution in [3.05, 3.63) is 34.9 Å². The fraction of sp³-hybridized carbons (Fsp3) is 0.417. The Morgan fingerprint density at radius 1 is 1.22 bits per heavy atom. The van der Waals surface area contributed by atoms with E-state index in [0.29, 0.717) is 23.7 Å². The molecule has 0 N–H and O–H groups in total. The van der Waals surface area contributed by atoms with E-state index in [-0.39, 0.29) is 23.8 Å². The molecule has 0 atom stereocenters. The maximum absolute atomic E-state index is 12.0. The van der Waals surface area contributed by atoms with Crippen molar-refractivity contribution in [1.29, 1.82) is 0 Å². The minimum Gasteiger partial charge on any atom is -0.294 e. The van der Waals surface area contributed by atoms with E-state index in [1.165, 1.54) is 0 Å². The van der Waals surface area contributed by atoms with E-state index >= 15 is 0 Å². The molecule has 1 aliphatic rings. The molecule has 2 rings (SSSR count). The average molecular weight is 288 g/mol. The highest BCUT2D eigenvalue weighted by Crippen LogP contribution is 2.16. The summed E-state index contributed by atoms with van der Waals surface area (Å²) in [5.41, 5.74) is 0.493. The predicted molar refractivity (Wildman–Crippen MR) is 70.9 cm³/mol. The van der Waals surface area contributed by atoms with Gasteiger partial charge in [0.1, 0.15) is 0 Å². The number of hydrogen-bond acceptors (Lipinski definition) is 4. The summed E-state index contributed by atoms with van der Waals surface area (Å²) in [6.07, 6.45) is 0. The van der Waals surface area contributed by atoms with Crippen molar-refractivity contribution in [1.82, 2.24) is 4.90 Å². The molecule has 1 aliphatic heterocycles. The molecule has 0 bridgehead atoms. The molecular formula is C12H14ClNO3S. The Kier molecular flexibility index (Phi) is 4.04. The van der Waals surface area contributed by atoms with Gasteiger partial charge in [0, 0.05) is 18.7 Å². The van der Waals surface area contributed by atoms with Crippen LogP contribution in [0.1, 0.15) is 10.4 Å². The summed E-state index contributed by atoms with van der Waals surface area (Å²) in [7, 11) is -2.90. The van der Waals surface area contributed by atoms with Crippen LogP contribution < -0.4 is 0 Å². The first-order chi connectivity index (χ1) is 8.48. The molecule has 1 aromatic rings. The number of carbonyl (C=O) groups is 1. The van der Waals surface area contributed by atoms with Gasteiger partial charge in [0.15, 0.2) is 15.6 Å². The number of rotatable bonds is 3. The lowest BCUT2D eigenvalue weighted by Gasteiger charge is -2.25. The van der Waals surface area contributed by atoms with Gasteiger partial charge in [0.25, 0.3) is 0 Å². The second kappa shape index (κ2) is 5.38. The first kappa shape index (κ1) is 13.5. The zero-order valence-corrected chi connectivity index (χ0v) is 11.4. The van der Waals surface area contributed by atoms with Gasteiger partial charge in [-0.3, -0.25) is 9.69 Å². The molecule has 0 saturated carbocycles. The minimum atomic E-state index is -2.90. The maximum atomic E-state index is 12.0. The van der Waals surface area contributed by atoms with Gasteiger partial charge in [-0.1, -0.05) is 23.7 Å². The van der Waals surface area contributed by atoms with Crippen LogP contribution in [0.2, 0.25) is 5.02 Å². The third-order valence-electron chi connectivity index (χ3n) is 2.98. The predicted octanol–water partition coefficient (Wildman–Crippen LogP) is 1.25. The van der Waals surface area contributed by atoms with Crippen LogP contribution >= 0.6 is 11.6 Å². The van der Waals surface area contributed by atoms with Crippen molar-refractivity contribution >= 4 is 27.2 Å². The van der Waals surface area contributed by atoms with Crippen molar-refractivity contribution < 1.29 is 13.2 Å². The Morgan fingerprint density at radius 2 is 1.83 bits per heavy atom. The molecule has 6 heteroatoms. The smallest absolute Gasteiger partial charge is 0.178 e. The highest BCUT2D eigenvalue weighted by atomic mass is 35.5. The number of carbonyl (C=O) groups excluding carboxylic acids is 1. The third kappa shape index (κ3) is 3.31. The van der Waals surface area contributed by atoms with Crippen LogP contribution in [0.25, 0.3) is 0 Å². The standard InChI is InChI=1S/C12H14ClNO3S/c13-11-4-2-1-3-10(11)12(15)9-14-5-7-18(16,17)8-6-14/h1-4H,5-9H2. The fourth-order valence-corrected chi connectivity index (χ4v) is 3.40. The monoisotopic (exact) mass is 287 g/mol. The van der Waals surface area contributed by atoms with Gasteiger partial charge in [0.2, 0.25) is 0 Å². The van der Waals surface area contributed by atoms with Crippen LogP contribution in [0, 0.1) is 0 Å². The van der Waals surface area contributed by atoms with Gasteiger partial charge in [-0.25, -0.2) is 8.42 Å². The van der Waals surface area contributed by atoms with Crippen molar-refractivity contribution in [2.24, 2.45) is 0 Å². The largest absolute Gasteiger partial charge is 0.294 e. The highest BCUT2D eigenvalue weighted by Gasteiger charge is 2.23. The number of halogens is 1. The molecule has 18 heavy (non-hydrogen) atoms. The lowest BCUT2D eigenvalue weighted by molar-refractivity contribution is 0.0936. The highest BCUT2D eigenvalue weighted by molar-refractivity contribution is 7.91. The first-order valence-corrected chi connectivity index (χ1v) is 7.88. The molecule has 1 fully saturated rings. The molecule has 0 radical (unpaired) electrons. The lowest BCUT2D eigenvalue weighted by Crippen LogP contribution is -2.42. The number of benzene rings is 1. The number of sulfone groups is 1. The van der Waals surface area contributed by atoms with Gasteiger partial charge < -0.3 is 0 Å². The van der Waals surface area contributed by atoms with Gasteiger partial charge in [-0.15, -0.1) is 0 Å². The summed E-state index contributed by atoms with van der Waals surface area (Å²) in [6, 6.07) is 6.90. The summed E-state index contributed by atoms with van der Waals surface area (Å²) in [5.74, 6) is 0.186. The van der Waals surface area contributed by atoms with E-state index in [0.717, 1.165) is 0 Å². The molecule has 1 saturated heterocycles. The zero-order chi connectivity index (χ0) is 13.2. The second-order valence-corrected chi connectivity index (χ2v) is 7.04. The normalized spacial score (nSPS) is 19.6. The molecule has 0 aromatic heterocycles. The summed E-state index contributed by atoms with van der Waals surface area (Å²) in [5, 5.41) is 0.437. The first-order valence-electron chi connectivity index (χ1n) is 5.68. The zero-order valence-electron chi connectivity index (χ0n) is 9.80. The molecule has 0 aliphatic carbocycles. The lowest BCUT2D eigenvalue weighted by atomic mass is 10.1. The Bertz CT molecular complexity index is 542. The summed E-state index contributed by atoms with van der Waals surface area (Å²) >= 11 is 5.95. The van der Waals surface area contributed by atoms with Crippen LogP contribution in [-0.4, -0.2) is 50.2 Å². The van der Waals surface area contributed by atoms with Crippen LogP contribution in [0.3, 0.4) is 0 Å². The van der Waals surface area contributed by atoms with E-state index in [4.69, 9.17) is 11.6 Å². The molecule has 98 valence electrons. The van der Waals surface area contributed by atoms with E-state index < -0.39 is 9.84 Å². The van der Waals surface area contributed by atoms with Crippen molar-refractivity contribution in [3.63, 3.8) is 0 Å². The molecule has 1 heterocycles. The number of hydrogen-bond donors (Lipinski definition) is 0. The fourth-order valence-electron chi connectivity index (χ4n) is 1.88. The average Bonchev–Trinajstić information content (AvgIpc) is 2.32. The summed E-state index contributed by atoms with van der Waals surface area (Å²) in [6.45, 7) is 1.05. The van der Waals surface area contributed by atoms with Crippen LogP contribution in [-0.2, 0) is 9.84 Å². The van der Waals surface area contributed by atoms with Crippen molar-refractivity contribution in [3.8, 4) is 0 Å². The maximum Gasteiger partial charge on any atom is 0.178 e. The van der Waals surface area contributed by atoms with Gasteiger partial charge in [-0.2, -0.15) is 0 Å². The molecule has 4 nitrogen and oxygen atoms in total. The third-order valence-corrected chi connectivity index (χ3v) is 4.92. The van der Waals surface area contributed by atoms with Gasteiger partial charge in [0.05, 0.1) is 23.1 Å².